The number of carbonyl (C=O) groups is 2. The second-order valence-electron chi connectivity index (χ2n) is 5.40. The Morgan fingerprint density at radius 1 is 1.00 bits per heavy atom. The number of benzene rings is 1. The summed E-state index contributed by atoms with van der Waals surface area (Å²) in [5.74, 6) is -0.0353. The fourth-order valence-corrected chi connectivity index (χ4v) is 2.82. The maximum absolute atomic E-state index is 12.3. The van der Waals surface area contributed by atoms with E-state index in [9.17, 15) is 9.59 Å². The first kappa shape index (κ1) is 17.7. The first-order valence-electron chi connectivity index (χ1n) is 7.16. The minimum absolute atomic E-state index is 0.0198. The van der Waals surface area contributed by atoms with Gasteiger partial charge >= 0.3 is 0 Å². The summed E-state index contributed by atoms with van der Waals surface area (Å²) in [4.78, 5) is 27.1. The summed E-state index contributed by atoms with van der Waals surface area (Å²) < 4.78 is 5.71. The van der Waals surface area contributed by atoms with Gasteiger partial charge in [0.1, 0.15) is 17.1 Å². The highest BCUT2D eigenvalue weighted by molar-refractivity contribution is 7.80. The van der Waals surface area contributed by atoms with E-state index in [4.69, 9.17) is 39.8 Å². The minimum Gasteiger partial charge on any atom is -0.457 e. The van der Waals surface area contributed by atoms with Gasteiger partial charge in [-0.15, -0.1) is 0 Å². The fraction of sp³-hybridized carbons (Fsp3) is 0.118. The molecule has 1 fully saturated rings. The summed E-state index contributed by atoms with van der Waals surface area (Å²) in [6.45, 7) is 0. The maximum atomic E-state index is 12.3. The molecular formula is C17H12Cl2N2O3S. The van der Waals surface area contributed by atoms with Gasteiger partial charge in [0.05, 0.1) is 10.0 Å². The highest BCUT2D eigenvalue weighted by Gasteiger charge is 2.35. The molecule has 0 bridgehead atoms. The van der Waals surface area contributed by atoms with Crippen LogP contribution in [0.2, 0.25) is 10.0 Å². The lowest BCUT2D eigenvalue weighted by molar-refractivity contribution is -0.132. The fourth-order valence-electron chi connectivity index (χ4n) is 2.35. The van der Waals surface area contributed by atoms with Crippen LogP contribution in [0.15, 0.2) is 40.3 Å². The number of rotatable bonds is 2. The SMILES string of the molecule is CN1C(=O)C(=Cc2ccc(-c3ccc(Cl)c(Cl)c3)o2)C(=O)N(C)C1=S. The number of halogens is 2. The molecule has 1 aromatic carbocycles. The standard InChI is InChI=1S/C17H12Cl2N2O3S/c1-20-15(22)11(16(23)21(2)17(20)25)8-10-4-6-14(24-10)9-3-5-12(18)13(19)7-9/h3-8H,1-2H3. The van der Waals surface area contributed by atoms with Crippen LogP contribution in [0.3, 0.4) is 0 Å². The summed E-state index contributed by atoms with van der Waals surface area (Å²) in [6, 6.07) is 8.50. The molecule has 0 N–H and O–H groups in total. The highest BCUT2D eigenvalue weighted by atomic mass is 35.5. The van der Waals surface area contributed by atoms with Crippen molar-refractivity contribution >= 4 is 58.4 Å². The molecule has 1 aromatic heterocycles. The predicted octanol–water partition coefficient (Wildman–Crippen LogP) is 3.85. The first-order chi connectivity index (χ1) is 11.8. The molecule has 0 aliphatic carbocycles. The number of hydrogen-bond acceptors (Lipinski definition) is 4. The summed E-state index contributed by atoms with van der Waals surface area (Å²) in [5.41, 5.74) is 0.712. The zero-order chi connectivity index (χ0) is 18.3. The molecule has 0 atom stereocenters. The third-order valence-corrected chi connectivity index (χ3v) is 5.05. The van der Waals surface area contributed by atoms with E-state index in [1.165, 1.54) is 30.0 Å². The van der Waals surface area contributed by atoms with Crippen molar-refractivity contribution in [3.05, 3.63) is 51.7 Å². The molecule has 0 saturated carbocycles. The maximum Gasteiger partial charge on any atom is 0.265 e. The van der Waals surface area contributed by atoms with Gasteiger partial charge in [-0.3, -0.25) is 19.4 Å². The Kier molecular flexibility index (Phi) is 4.69. The highest BCUT2D eigenvalue weighted by Crippen LogP contribution is 2.30. The van der Waals surface area contributed by atoms with Crippen LogP contribution in [0.25, 0.3) is 17.4 Å². The van der Waals surface area contributed by atoms with Crippen molar-refractivity contribution < 1.29 is 14.0 Å². The second-order valence-corrected chi connectivity index (χ2v) is 6.58. The zero-order valence-corrected chi connectivity index (χ0v) is 15.6. The summed E-state index contributed by atoms with van der Waals surface area (Å²) >= 11 is 17.0. The molecule has 0 unspecified atom stereocenters. The van der Waals surface area contributed by atoms with Gasteiger partial charge in [-0.2, -0.15) is 0 Å². The summed E-state index contributed by atoms with van der Waals surface area (Å²) in [7, 11) is 3.04. The number of carbonyl (C=O) groups excluding carboxylic acids is 2. The molecule has 25 heavy (non-hydrogen) atoms. The average molecular weight is 395 g/mol. The quantitative estimate of drug-likeness (QED) is 0.440. The molecule has 5 nitrogen and oxygen atoms in total. The van der Waals surface area contributed by atoms with E-state index in [1.807, 2.05) is 0 Å². The molecule has 2 aromatic rings. The smallest absolute Gasteiger partial charge is 0.265 e. The zero-order valence-electron chi connectivity index (χ0n) is 13.2. The average Bonchev–Trinajstić information content (AvgIpc) is 3.06. The third-order valence-electron chi connectivity index (χ3n) is 3.76. The first-order valence-corrected chi connectivity index (χ1v) is 8.33. The topological polar surface area (TPSA) is 53.8 Å². The Morgan fingerprint density at radius 2 is 1.64 bits per heavy atom. The number of amides is 2. The van der Waals surface area contributed by atoms with Crippen LogP contribution in [-0.4, -0.2) is 40.8 Å². The van der Waals surface area contributed by atoms with Gasteiger partial charge in [-0.25, -0.2) is 0 Å². The van der Waals surface area contributed by atoms with Crippen molar-refractivity contribution in [2.45, 2.75) is 0 Å². The number of hydrogen-bond donors (Lipinski definition) is 0. The number of furan rings is 1. The molecule has 1 saturated heterocycles. The lowest BCUT2D eigenvalue weighted by Gasteiger charge is -2.31. The third kappa shape index (κ3) is 3.20. The van der Waals surface area contributed by atoms with E-state index < -0.39 is 11.8 Å². The van der Waals surface area contributed by atoms with Gasteiger partial charge in [-0.05, 0) is 48.6 Å². The van der Waals surface area contributed by atoms with Gasteiger partial charge in [0, 0.05) is 19.7 Å². The van der Waals surface area contributed by atoms with Crippen molar-refractivity contribution in [1.29, 1.82) is 0 Å². The van der Waals surface area contributed by atoms with E-state index in [0.717, 1.165) is 5.56 Å². The Labute approximate surface area is 159 Å². The number of thiocarbonyl (C=S) groups is 1. The summed E-state index contributed by atoms with van der Waals surface area (Å²) in [6.07, 6.45) is 1.40. The van der Waals surface area contributed by atoms with Gasteiger partial charge in [0.2, 0.25) is 0 Å². The van der Waals surface area contributed by atoms with Crippen LogP contribution in [0, 0.1) is 0 Å². The number of nitrogens with zero attached hydrogens (tertiary/aromatic N) is 2. The largest absolute Gasteiger partial charge is 0.457 e. The van der Waals surface area contributed by atoms with Gasteiger partial charge in [0.15, 0.2) is 5.11 Å². The van der Waals surface area contributed by atoms with Crippen molar-refractivity contribution in [3.63, 3.8) is 0 Å². The molecule has 1 aliphatic rings. The molecule has 3 rings (SSSR count). The Morgan fingerprint density at radius 3 is 2.24 bits per heavy atom. The lowest BCUT2D eigenvalue weighted by atomic mass is 10.1. The van der Waals surface area contributed by atoms with Crippen LogP contribution >= 0.6 is 35.4 Å². The van der Waals surface area contributed by atoms with E-state index in [2.05, 4.69) is 0 Å². The normalized spacial score (nSPS) is 15.2. The van der Waals surface area contributed by atoms with E-state index in [-0.39, 0.29) is 10.7 Å². The van der Waals surface area contributed by atoms with Gasteiger partial charge in [0.25, 0.3) is 11.8 Å². The van der Waals surface area contributed by atoms with Crippen molar-refractivity contribution in [2.75, 3.05) is 14.1 Å². The molecular weight excluding hydrogens is 383 g/mol. The van der Waals surface area contributed by atoms with Crippen LogP contribution < -0.4 is 0 Å². The molecule has 1 aliphatic heterocycles. The Bertz CT molecular complexity index is 910. The van der Waals surface area contributed by atoms with Crippen molar-refractivity contribution in [2.24, 2.45) is 0 Å². The molecule has 0 spiro atoms. The molecule has 8 heteroatoms. The Balaban J connectivity index is 1.95. The molecule has 0 radical (unpaired) electrons. The van der Waals surface area contributed by atoms with Gasteiger partial charge < -0.3 is 4.42 Å². The van der Waals surface area contributed by atoms with E-state index in [1.54, 1.807) is 30.3 Å². The van der Waals surface area contributed by atoms with Crippen LogP contribution in [0.1, 0.15) is 5.76 Å². The monoisotopic (exact) mass is 394 g/mol. The van der Waals surface area contributed by atoms with Crippen molar-refractivity contribution in [1.82, 2.24) is 9.80 Å². The van der Waals surface area contributed by atoms with Crippen LogP contribution in [0.5, 0.6) is 0 Å². The second kappa shape index (κ2) is 6.63. The summed E-state index contributed by atoms with van der Waals surface area (Å²) in [5, 5.41) is 1.01. The van der Waals surface area contributed by atoms with Crippen LogP contribution in [-0.2, 0) is 9.59 Å². The lowest BCUT2D eigenvalue weighted by Crippen LogP contribution is -2.52. The van der Waals surface area contributed by atoms with Crippen molar-refractivity contribution in [3.8, 4) is 11.3 Å². The molecule has 2 amide bonds. The molecule has 2 heterocycles. The van der Waals surface area contributed by atoms with Crippen LogP contribution in [0.4, 0.5) is 0 Å². The Hall–Kier alpha value is -2.15. The minimum atomic E-state index is -0.472. The number of likely N-dealkylation sites (N-methyl/N-ethyl adjacent to an activating group) is 2. The predicted molar refractivity (Wildman–Crippen MR) is 100 cm³/mol. The van der Waals surface area contributed by atoms with Gasteiger partial charge in [-0.1, -0.05) is 23.2 Å². The van der Waals surface area contributed by atoms with E-state index in [0.29, 0.717) is 21.6 Å². The molecule has 128 valence electrons. The van der Waals surface area contributed by atoms with E-state index >= 15 is 0 Å².